The number of ether oxygens (including phenoxy) is 1. The summed E-state index contributed by atoms with van der Waals surface area (Å²) in [7, 11) is 0. The Bertz CT molecular complexity index is 451. The Morgan fingerprint density at radius 1 is 1.26 bits per heavy atom. The molecule has 1 aromatic rings. The molecule has 1 aliphatic heterocycles. The summed E-state index contributed by atoms with van der Waals surface area (Å²) >= 11 is 0. The quantitative estimate of drug-likeness (QED) is 0.861. The maximum Gasteiger partial charge on any atom is 0.113 e. The van der Waals surface area contributed by atoms with Crippen molar-refractivity contribution in [2.45, 2.75) is 46.1 Å². The number of nitrogens with one attached hydrogen (secondary N) is 1. The molecule has 0 fully saturated rings. The molecule has 0 saturated heterocycles. The summed E-state index contributed by atoms with van der Waals surface area (Å²) in [5, 5.41) is 3.61. The van der Waals surface area contributed by atoms with Gasteiger partial charge in [0.15, 0.2) is 0 Å². The normalized spacial score (nSPS) is 16.7. The van der Waals surface area contributed by atoms with E-state index in [1.54, 1.807) is 0 Å². The second-order valence-corrected chi connectivity index (χ2v) is 5.33. The molecule has 1 heterocycles. The molecule has 2 nitrogen and oxygen atoms in total. The average molecular weight is 259 g/mol. The van der Waals surface area contributed by atoms with Crippen LogP contribution in [-0.4, -0.2) is 13.2 Å². The average Bonchev–Trinajstić information content (AvgIpc) is 2.44. The molecule has 0 radical (unpaired) electrons. The minimum Gasteiger partial charge on any atom is -0.496 e. The van der Waals surface area contributed by atoms with Crippen molar-refractivity contribution < 1.29 is 4.74 Å². The Hall–Kier alpha value is -1.28. The van der Waals surface area contributed by atoms with Gasteiger partial charge in [-0.15, -0.1) is 0 Å². The van der Waals surface area contributed by atoms with Crippen molar-refractivity contribution in [3.05, 3.63) is 46.7 Å². The molecule has 2 rings (SSSR count). The van der Waals surface area contributed by atoms with Crippen LogP contribution in [-0.2, 0) is 4.74 Å². The fourth-order valence-corrected chi connectivity index (χ4v) is 2.39. The molecule has 2 heteroatoms. The van der Waals surface area contributed by atoms with Crippen molar-refractivity contribution in [1.82, 2.24) is 5.32 Å². The highest BCUT2D eigenvalue weighted by molar-refractivity contribution is 5.34. The Morgan fingerprint density at radius 3 is 2.74 bits per heavy atom. The highest BCUT2D eigenvalue weighted by atomic mass is 16.5. The summed E-state index contributed by atoms with van der Waals surface area (Å²) in [4.78, 5) is 0. The third-order valence-corrected chi connectivity index (χ3v) is 3.71. The van der Waals surface area contributed by atoms with E-state index in [0.29, 0.717) is 0 Å². The predicted octanol–water partition coefficient (Wildman–Crippen LogP) is 4.04. The molecule has 104 valence electrons. The van der Waals surface area contributed by atoms with E-state index >= 15 is 0 Å². The molecule has 19 heavy (non-hydrogen) atoms. The number of benzene rings is 1. The van der Waals surface area contributed by atoms with Gasteiger partial charge in [-0.3, -0.25) is 0 Å². The fraction of sp³-hybridized carbons (Fsp3) is 0.529. The van der Waals surface area contributed by atoms with Gasteiger partial charge in [0.1, 0.15) is 5.76 Å². The van der Waals surface area contributed by atoms with Gasteiger partial charge in [-0.05, 0) is 62.4 Å². The van der Waals surface area contributed by atoms with Crippen LogP contribution in [0.15, 0.2) is 30.0 Å². The van der Waals surface area contributed by atoms with Crippen LogP contribution in [0.5, 0.6) is 0 Å². The van der Waals surface area contributed by atoms with E-state index in [4.69, 9.17) is 4.74 Å². The smallest absolute Gasteiger partial charge is 0.113 e. The summed E-state index contributed by atoms with van der Waals surface area (Å²) < 4.78 is 5.86. The minimum atomic E-state index is 0.208. The van der Waals surface area contributed by atoms with Gasteiger partial charge in [0.05, 0.1) is 12.6 Å². The molecule has 1 unspecified atom stereocenters. The number of hydrogen-bond donors (Lipinski definition) is 1. The standard InChI is InChI=1S/C17H25NO/c1-4-10-18-17(16-7-5-6-11-19-16)15-9-8-13(2)14(3)12-15/h7-9,12,17-18H,4-6,10-11H2,1-3H3. The Labute approximate surface area is 116 Å². The third-order valence-electron chi connectivity index (χ3n) is 3.71. The van der Waals surface area contributed by atoms with Crippen LogP contribution in [0.3, 0.4) is 0 Å². The van der Waals surface area contributed by atoms with Crippen LogP contribution in [0.1, 0.15) is 48.9 Å². The van der Waals surface area contributed by atoms with Crippen LogP contribution in [0.2, 0.25) is 0 Å². The number of hydrogen-bond acceptors (Lipinski definition) is 2. The molecule has 1 aromatic carbocycles. The largest absolute Gasteiger partial charge is 0.496 e. The summed E-state index contributed by atoms with van der Waals surface area (Å²) in [5.41, 5.74) is 4.00. The van der Waals surface area contributed by atoms with Crippen molar-refractivity contribution in [3.8, 4) is 0 Å². The second kappa shape index (κ2) is 6.76. The van der Waals surface area contributed by atoms with Gasteiger partial charge >= 0.3 is 0 Å². The van der Waals surface area contributed by atoms with E-state index in [9.17, 15) is 0 Å². The lowest BCUT2D eigenvalue weighted by Crippen LogP contribution is -2.26. The molecule has 0 aliphatic carbocycles. The molecule has 1 atom stereocenters. The van der Waals surface area contributed by atoms with Gasteiger partial charge in [0.2, 0.25) is 0 Å². The van der Waals surface area contributed by atoms with Crippen LogP contribution < -0.4 is 5.32 Å². The maximum absolute atomic E-state index is 5.86. The van der Waals surface area contributed by atoms with E-state index in [-0.39, 0.29) is 6.04 Å². The van der Waals surface area contributed by atoms with Crippen LogP contribution in [0, 0.1) is 13.8 Å². The Balaban J connectivity index is 2.25. The monoisotopic (exact) mass is 259 g/mol. The second-order valence-electron chi connectivity index (χ2n) is 5.33. The molecule has 0 amide bonds. The first-order valence-corrected chi connectivity index (χ1v) is 7.35. The lowest BCUT2D eigenvalue weighted by atomic mass is 9.98. The van der Waals surface area contributed by atoms with E-state index in [2.05, 4.69) is 50.4 Å². The number of rotatable bonds is 5. The Morgan fingerprint density at radius 2 is 2.11 bits per heavy atom. The first kappa shape index (κ1) is 14.1. The highest BCUT2D eigenvalue weighted by Crippen LogP contribution is 2.27. The Kier molecular flexibility index (Phi) is 5.03. The van der Waals surface area contributed by atoms with Crippen molar-refractivity contribution in [1.29, 1.82) is 0 Å². The maximum atomic E-state index is 5.86. The number of allylic oxidation sites excluding steroid dienone is 1. The minimum absolute atomic E-state index is 0.208. The molecule has 0 aromatic heterocycles. The number of aryl methyl sites for hydroxylation is 2. The topological polar surface area (TPSA) is 21.3 Å². The van der Waals surface area contributed by atoms with Crippen LogP contribution in [0.25, 0.3) is 0 Å². The lowest BCUT2D eigenvalue weighted by molar-refractivity contribution is 0.167. The van der Waals surface area contributed by atoms with E-state index in [1.807, 2.05) is 0 Å². The highest BCUT2D eigenvalue weighted by Gasteiger charge is 2.19. The van der Waals surface area contributed by atoms with Gasteiger partial charge in [0, 0.05) is 0 Å². The molecule has 0 saturated carbocycles. The van der Waals surface area contributed by atoms with Crippen molar-refractivity contribution in [3.63, 3.8) is 0 Å². The molecule has 0 spiro atoms. The predicted molar refractivity (Wildman–Crippen MR) is 80.2 cm³/mol. The fourth-order valence-electron chi connectivity index (χ4n) is 2.39. The zero-order valence-corrected chi connectivity index (χ0v) is 12.3. The lowest BCUT2D eigenvalue weighted by Gasteiger charge is -2.25. The summed E-state index contributed by atoms with van der Waals surface area (Å²) in [6.45, 7) is 8.38. The first-order valence-electron chi connectivity index (χ1n) is 7.35. The van der Waals surface area contributed by atoms with Gasteiger partial charge in [-0.1, -0.05) is 25.1 Å². The third kappa shape index (κ3) is 3.60. The molecule has 1 N–H and O–H groups in total. The molecule has 1 aliphatic rings. The molecular formula is C17H25NO. The summed E-state index contributed by atoms with van der Waals surface area (Å²) in [6.07, 6.45) is 5.64. The van der Waals surface area contributed by atoms with Crippen molar-refractivity contribution in [2.75, 3.05) is 13.2 Å². The van der Waals surface area contributed by atoms with Crippen LogP contribution >= 0.6 is 0 Å². The van der Waals surface area contributed by atoms with Gasteiger partial charge in [-0.2, -0.15) is 0 Å². The SMILES string of the molecule is CCCNC(C1=CCCCO1)c1ccc(C)c(C)c1. The van der Waals surface area contributed by atoms with Crippen molar-refractivity contribution in [2.24, 2.45) is 0 Å². The van der Waals surface area contributed by atoms with Gasteiger partial charge < -0.3 is 10.1 Å². The summed E-state index contributed by atoms with van der Waals surface area (Å²) in [6, 6.07) is 6.91. The van der Waals surface area contributed by atoms with E-state index in [0.717, 1.165) is 38.2 Å². The summed E-state index contributed by atoms with van der Waals surface area (Å²) in [5.74, 6) is 1.10. The zero-order valence-electron chi connectivity index (χ0n) is 12.3. The van der Waals surface area contributed by atoms with E-state index in [1.165, 1.54) is 16.7 Å². The van der Waals surface area contributed by atoms with Crippen molar-refractivity contribution >= 4 is 0 Å². The molecule has 0 bridgehead atoms. The van der Waals surface area contributed by atoms with Crippen LogP contribution in [0.4, 0.5) is 0 Å². The van der Waals surface area contributed by atoms with Gasteiger partial charge in [0.25, 0.3) is 0 Å². The first-order chi connectivity index (χ1) is 9.22. The van der Waals surface area contributed by atoms with Gasteiger partial charge in [-0.25, -0.2) is 0 Å². The van der Waals surface area contributed by atoms with E-state index < -0.39 is 0 Å². The molecular weight excluding hydrogens is 234 g/mol. The zero-order chi connectivity index (χ0) is 13.7.